The highest BCUT2D eigenvalue weighted by Crippen LogP contribution is 2.16. The number of aromatic nitrogens is 2. The van der Waals surface area contributed by atoms with Gasteiger partial charge in [-0.15, -0.1) is 0 Å². The zero-order chi connectivity index (χ0) is 14.5. The zero-order valence-electron chi connectivity index (χ0n) is 11.8. The molecule has 3 N–H and O–H groups in total. The summed E-state index contributed by atoms with van der Waals surface area (Å²) in [4.78, 5) is 11.9. The molecule has 0 aliphatic rings. The second-order valence-electron chi connectivity index (χ2n) is 4.91. The third-order valence-electron chi connectivity index (χ3n) is 3.30. The monoisotopic (exact) mass is 272 g/mol. The van der Waals surface area contributed by atoms with E-state index in [-0.39, 0.29) is 17.9 Å². The Balaban J connectivity index is 2.13. The van der Waals surface area contributed by atoms with Gasteiger partial charge in [-0.05, 0) is 30.7 Å². The largest absolute Gasteiger partial charge is 0.349 e. The lowest BCUT2D eigenvalue weighted by Crippen LogP contribution is -2.34. The molecule has 0 radical (unpaired) electrons. The van der Waals surface area contributed by atoms with Crippen LogP contribution in [-0.2, 0) is 4.79 Å². The van der Waals surface area contributed by atoms with Gasteiger partial charge in [0, 0.05) is 24.9 Å². The molecule has 0 spiro atoms. The van der Waals surface area contributed by atoms with Crippen molar-refractivity contribution in [2.75, 3.05) is 6.54 Å². The van der Waals surface area contributed by atoms with E-state index in [0.29, 0.717) is 6.54 Å². The quantitative estimate of drug-likeness (QED) is 0.869. The van der Waals surface area contributed by atoms with Crippen molar-refractivity contribution in [3.8, 4) is 5.69 Å². The Morgan fingerprint density at radius 2 is 2.20 bits per heavy atom. The lowest BCUT2D eigenvalue weighted by atomic mass is 10.1. The fourth-order valence-corrected chi connectivity index (χ4v) is 1.90. The molecule has 1 amide bonds. The molecule has 0 bridgehead atoms. The van der Waals surface area contributed by atoms with Crippen LogP contribution in [0.15, 0.2) is 42.7 Å². The van der Waals surface area contributed by atoms with Crippen molar-refractivity contribution >= 4 is 5.91 Å². The van der Waals surface area contributed by atoms with Gasteiger partial charge in [-0.2, -0.15) is 5.10 Å². The van der Waals surface area contributed by atoms with Crippen LogP contribution in [0.25, 0.3) is 5.69 Å². The molecule has 20 heavy (non-hydrogen) atoms. The van der Waals surface area contributed by atoms with Gasteiger partial charge in [-0.3, -0.25) is 4.79 Å². The minimum Gasteiger partial charge on any atom is -0.349 e. The van der Waals surface area contributed by atoms with E-state index in [2.05, 4.69) is 10.4 Å². The maximum Gasteiger partial charge on any atom is 0.224 e. The van der Waals surface area contributed by atoms with Gasteiger partial charge in [-0.1, -0.05) is 19.1 Å². The average Bonchev–Trinajstić information content (AvgIpc) is 3.00. The van der Waals surface area contributed by atoms with E-state index in [9.17, 15) is 4.79 Å². The molecule has 1 aromatic carbocycles. The summed E-state index contributed by atoms with van der Waals surface area (Å²) in [5, 5.41) is 7.17. The summed E-state index contributed by atoms with van der Waals surface area (Å²) in [6.45, 7) is 4.14. The van der Waals surface area contributed by atoms with Crippen LogP contribution in [0.4, 0.5) is 0 Å². The van der Waals surface area contributed by atoms with Gasteiger partial charge in [0.05, 0.1) is 11.7 Å². The van der Waals surface area contributed by atoms with Crippen LogP contribution in [0, 0.1) is 5.92 Å². The summed E-state index contributed by atoms with van der Waals surface area (Å²) in [5.41, 5.74) is 7.51. The van der Waals surface area contributed by atoms with Gasteiger partial charge in [0.1, 0.15) is 0 Å². The smallest absolute Gasteiger partial charge is 0.224 e. The molecule has 5 heteroatoms. The molecule has 106 valence electrons. The summed E-state index contributed by atoms with van der Waals surface area (Å²) < 4.78 is 1.79. The first-order valence-corrected chi connectivity index (χ1v) is 6.72. The number of rotatable bonds is 5. The van der Waals surface area contributed by atoms with Crippen LogP contribution in [0.5, 0.6) is 0 Å². The highest BCUT2D eigenvalue weighted by molar-refractivity contribution is 5.78. The van der Waals surface area contributed by atoms with Gasteiger partial charge >= 0.3 is 0 Å². The first-order chi connectivity index (χ1) is 9.61. The van der Waals surface area contributed by atoms with Crippen LogP contribution in [0.2, 0.25) is 0 Å². The van der Waals surface area contributed by atoms with Crippen molar-refractivity contribution in [2.24, 2.45) is 11.7 Å². The molecule has 1 heterocycles. The maximum atomic E-state index is 11.9. The molecule has 2 rings (SSSR count). The fraction of sp³-hybridized carbons (Fsp3) is 0.333. The third-order valence-corrected chi connectivity index (χ3v) is 3.30. The predicted molar refractivity (Wildman–Crippen MR) is 78.3 cm³/mol. The van der Waals surface area contributed by atoms with E-state index in [1.165, 1.54) is 0 Å². The first-order valence-electron chi connectivity index (χ1n) is 6.72. The van der Waals surface area contributed by atoms with Crippen molar-refractivity contribution in [2.45, 2.75) is 19.9 Å². The Kier molecular flexibility index (Phi) is 4.53. The molecule has 0 aliphatic carbocycles. The molecule has 0 saturated heterocycles. The summed E-state index contributed by atoms with van der Waals surface area (Å²) in [5.74, 6) is -0.198. The Morgan fingerprint density at radius 1 is 1.40 bits per heavy atom. The molecular formula is C15H20N4O. The number of carbonyl (C=O) groups is 1. The topological polar surface area (TPSA) is 72.9 Å². The first kappa shape index (κ1) is 14.3. The van der Waals surface area contributed by atoms with Crippen molar-refractivity contribution in [1.29, 1.82) is 0 Å². The second kappa shape index (κ2) is 6.34. The SMILES string of the molecule is CC(CN)C(=O)NC(C)c1cccc(-n2cccn2)c1. The molecule has 0 aliphatic heterocycles. The second-order valence-corrected chi connectivity index (χ2v) is 4.91. The molecule has 5 nitrogen and oxygen atoms in total. The summed E-state index contributed by atoms with van der Waals surface area (Å²) in [6, 6.07) is 9.76. The summed E-state index contributed by atoms with van der Waals surface area (Å²) in [6.07, 6.45) is 3.62. The number of carbonyl (C=O) groups excluding carboxylic acids is 1. The highest BCUT2D eigenvalue weighted by atomic mass is 16.1. The Labute approximate surface area is 118 Å². The minimum absolute atomic E-state index is 0.0236. The van der Waals surface area contributed by atoms with Crippen LogP contribution >= 0.6 is 0 Å². The lowest BCUT2D eigenvalue weighted by molar-refractivity contribution is -0.124. The van der Waals surface area contributed by atoms with Crippen molar-refractivity contribution in [3.05, 3.63) is 48.3 Å². The Morgan fingerprint density at radius 3 is 2.85 bits per heavy atom. The summed E-state index contributed by atoms with van der Waals surface area (Å²) in [7, 11) is 0. The average molecular weight is 272 g/mol. The third kappa shape index (κ3) is 3.24. The molecular weight excluding hydrogens is 252 g/mol. The Bertz CT molecular complexity index is 565. The van der Waals surface area contributed by atoms with Gasteiger partial charge < -0.3 is 11.1 Å². The molecule has 1 aromatic heterocycles. The van der Waals surface area contributed by atoms with Gasteiger partial charge in [0.25, 0.3) is 0 Å². The number of nitrogens with zero attached hydrogens (tertiary/aromatic N) is 2. The van der Waals surface area contributed by atoms with Crippen LogP contribution in [-0.4, -0.2) is 22.2 Å². The van der Waals surface area contributed by atoms with E-state index < -0.39 is 0 Å². The van der Waals surface area contributed by atoms with Crippen molar-refractivity contribution in [1.82, 2.24) is 15.1 Å². The highest BCUT2D eigenvalue weighted by Gasteiger charge is 2.15. The number of nitrogens with two attached hydrogens (primary N) is 1. The van der Waals surface area contributed by atoms with Crippen LogP contribution < -0.4 is 11.1 Å². The van der Waals surface area contributed by atoms with Gasteiger partial charge in [-0.25, -0.2) is 4.68 Å². The standard InChI is InChI=1S/C15H20N4O/c1-11(10-16)15(20)18-12(2)13-5-3-6-14(9-13)19-8-4-7-17-19/h3-9,11-12H,10,16H2,1-2H3,(H,18,20). The zero-order valence-corrected chi connectivity index (χ0v) is 11.8. The molecule has 2 unspecified atom stereocenters. The summed E-state index contributed by atoms with van der Waals surface area (Å²) >= 11 is 0. The van der Waals surface area contributed by atoms with E-state index >= 15 is 0 Å². The molecule has 2 atom stereocenters. The van der Waals surface area contributed by atoms with E-state index in [0.717, 1.165) is 11.3 Å². The number of benzene rings is 1. The lowest BCUT2D eigenvalue weighted by Gasteiger charge is -2.17. The van der Waals surface area contributed by atoms with Crippen molar-refractivity contribution in [3.63, 3.8) is 0 Å². The van der Waals surface area contributed by atoms with Crippen LogP contribution in [0.1, 0.15) is 25.5 Å². The molecule has 2 aromatic rings. The van der Waals surface area contributed by atoms with Crippen molar-refractivity contribution < 1.29 is 4.79 Å². The number of hydrogen-bond donors (Lipinski definition) is 2. The normalized spacial score (nSPS) is 13.8. The van der Waals surface area contributed by atoms with Gasteiger partial charge in [0.2, 0.25) is 5.91 Å². The fourth-order valence-electron chi connectivity index (χ4n) is 1.90. The molecule has 0 saturated carbocycles. The van der Waals surface area contributed by atoms with Crippen LogP contribution in [0.3, 0.4) is 0 Å². The number of nitrogens with one attached hydrogen (secondary N) is 1. The maximum absolute atomic E-state index is 11.9. The van der Waals surface area contributed by atoms with E-state index in [4.69, 9.17) is 5.73 Å². The predicted octanol–water partition coefficient (Wildman–Crippen LogP) is 1.64. The minimum atomic E-state index is -0.174. The number of hydrogen-bond acceptors (Lipinski definition) is 3. The Hall–Kier alpha value is -2.14. The number of amides is 1. The van der Waals surface area contributed by atoms with Gasteiger partial charge in [0.15, 0.2) is 0 Å². The molecule has 0 fully saturated rings. The van der Waals surface area contributed by atoms with E-state index in [1.54, 1.807) is 10.9 Å². The van der Waals surface area contributed by atoms with E-state index in [1.807, 2.05) is 50.4 Å².